The molecule has 0 aliphatic rings. The number of aromatic nitrogens is 2. The number of hydrogen-bond donors (Lipinski definition) is 2. The molecule has 0 saturated carbocycles. The number of benzene rings is 3. The molecule has 0 aliphatic heterocycles. The lowest BCUT2D eigenvalue weighted by atomic mass is 10.0. The van der Waals surface area contributed by atoms with Crippen LogP contribution in [0.2, 0.25) is 0 Å². The second-order valence-corrected chi connectivity index (χ2v) is 7.91. The summed E-state index contributed by atoms with van der Waals surface area (Å²) in [6.07, 6.45) is 3.36. The Balaban J connectivity index is 1.68. The molecule has 0 aliphatic carbocycles. The molecule has 0 fully saturated rings. The summed E-state index contributed by atoms with van der Waals surface area (Å²) in [5.41, 5.74) is 5.19. The van der Waals surface area contributed by atoms with Gasteiger partial charge >= 0.3 is 0 Å². The highest BCUT2D eigenvalue weighted by Gasteiger charge is 2.16. The smallest absolute Gasteiger partial charge is 0.266 e. The van der Waals surface area contributed by atoms with Gasteiger partial charge in [-0.25, -0.2) is 4.68 Å². The van der Waals surface area contributed by atoms with Crippen molar-refractivity contribution in [1.29, 1.82) is 5.26 Å². The zero-order valence-electron chi connectivity index (χ0n) is 19.3. The van der Waals surface area contributed by atoms with Crippen LogP contribution in [-0.2, 0) is 9.59 Å². The molecule has 7 heteroatoms. The number of carbonyl (C=O) groups is 2. The fourth-order valence-electron chi connectivity index (χ4n) is 3.60. The van der Waals surface area contributed by atoms with E-state index in [1.54, 1.807) is 35.0 Å². The predicted octanol–water partition coefficient (Wildman–Crippen LogP) is 5.35. The molecule has 2 amide bonds. The van der Waals surface area contributed by atoms with Gasteiger partial charge in [-0.2, -0.15) is 10.4 Å². The van der Waals surface area contributed by atoms with Crippen molar-refractivity contribution in [3.05, 3.63) is 102 Å². The van der Waals surface area contributed by atoms with E-state index in [0.717, 1.165) is 16.8 Å². The molecule has 0 bridgehead atoms. The van der Waals surface area contributed by atoms with E-state index in [2.05, 4.69) is 10.6 Å². The Bertz CT molecular complexity index is 1440. The highest BCUT2D eigenvalue weighted by molar-refractivity contribution is 6.10. The van der Waals surface area contributed by atoms with Crippen LogP contribution in [0.4, 0.5) is 11.4 Å². The first-order chi connectivity index (χ1) is 16.9. The monoisotopic (exact) mass is 461 g/mol. The van der Waals surface area contributed by atoms with Gasteiger partial charge in [0.25, 0.3) is 5.91 Å². The van der Waals surface area contributed by atoms with Crippen molar-refractivity contribution >= 4 is 29.3 Å². The van der Waals surface area contributed by atoms with Crippen LogP contribution in [0, 0.1) is 18.3 Å². The van der Waals surface area contributed by atoms with E-state index in [1.807, 2.05) is 73.8 Å². The first kappa shape index (κ1) is 23.2. The molecule has 1 heterocycles. The summed E-state index contributed by atoms with van der Waals surface area (Å²) in [5, 5.41) is 19.9. The molecule has 2 N–H and O–H groups in total. The standard InChI is InChI=1S/C28H23N5O2/c1-19-8-6-7-11-26(19)27-22(18-33(32-27)25-9-4-3-5-10-25)16-21(17-29)28(35)31-24-14-12-23(13-15-24)30-20(2)34/h3-16,18H,1-2H3,(H,30,34)(H,31,35)/b21-16+. The number of aryl methyl sites for hydroxylation is 1. The van der Waals surface area contributed by atoms with Crippen molar-refractivity contribution in [2.75, 3.05) is 10.6 Å². The summed E-state index contributed by atoms with van der Waals surface area (Å²) in [6.45, 7) is 3.41. The lowest BCUT2D eigenvalue weighted by Crippen LogP contribution is -2.13. The lowest BCUT2D eigenvalue weighted by Gasteiger charge is -2.07. The summed E-state index contributed by atoms with van der Waals surface area (Å²) in [5.74, 6) is -0.722. The Labute approximate surface area is 203 Å². The fourth-order valence-corrected chi connectivity index (χ4v) is 3.60. The molecule has 0 atom stereocenters. The van der Waals surface area contributed by atoms with Crippen molar-refractivity contribution in [2.45, 2.75) is 13.8 Å². The van der Waals surface area contributed by atoms with Gasteiger partial charge in [0.05, 0.1) is 5.69 Å². The Hall–Kier alpha value is -4.96. The van der Waals surface area contributed by atoms with Gasteiger partial charge in [0.2, 0.25) is 5.91 Å². The molecule has 0 radical (unpaired) electrons. The van der Waals surface area contributed by atoms with Crippen LogP contribution in [0.1, 0.15) is 18.1 Å². The number of amides is 2. The Morgan fingerprint density at radius 2 is 1.54 bits per heavy atom. The van der Waals surface area contributed by atoms with E-state index in [9.17, 15) is 14.9 Å². The molecular formula is C28H23N5O2. The topological polar surface area (TPSA) is 99.8 Å². The van der Waals surface area contributed by atoms with Crippen molar-refractivity contribution in [3.63, 3.8) is 0 Å². The number of hydrogen-bond acceptors (Lipinski definition) is 4. The molecule has 3 aromatic carbocycles. The first-order valence-electron chi connectivity index (χ1n) is 11.0. The predicted molar refractivity (Wildman–Crippen MR) is 137 cm³/mol. The highest BCUT2D eigenvalue weighted by atomic mass is 16.2. The van der Waals surface area contributed by atoms with Gasteiger partial charge < -0.3 is 10.6 Å². The van der Waals surface area contributed by atoms with Crippen molar-refractivity contribution in [1.82, 2.24) is 9.78 Å². The fraction of sp³-hybridized carbons (Fsp3) is 0.0714. The SMILES string of the molecule is CC(=O)Nc1ccc(NC(=O)/C(C#N)=C/c2cn(-c3ccccc3)nc2-c2ccccc2C)cc1. The molecule has 0 saturated heterocycles. The van der Waals surface area contributed by atoms with Crippen LogP contribution < -0.4 is 10.6 Å². The van der Waals surface area contributed by atoms with Gasteiger partial charge in [-0.3, -0.25) is 9.59 Å². The lowest BCUT2D eigenvalue weighted by molar-refractivity contribution is -0.114. The normalized spacial score (nSPS) is 10.9. The van der Waals surface area contributed by atoms with Gasteiger partial charge in [0.1, 0.15) is 17.3 Å². The Morgan fingerprint density at radius 1 is 0.914 bits per heavy atom. The second-order valence-electron chi connectivity index (χ2n) is 7.91. The van der Waals surface area contributed by atoms with E-state index in [-0.39, 0.29) is 11.5 Å². The number of nitriles is 1. The van der Waals surface area contributed by atoms with E-state index in [1.165, 1.54) is 6.92 Å². The Morgan fingerprint density at radius 3 is 2.17 bits per heavy atom. The number of rotatable bonds is 6. The second kappa shape index (κ2) is 10.3. The van der Waals surface area contributed by atoms with Gasteiger partial charge in [0.15, 0.2) is 0 Å². The van der Waals surface area contributed by atoms with Crippen molar-refractivity contribution in [3.8, 4) is 23.0 Å². The minimum absolute atomic E-state index is 0.0571. The summed E-state index contributed by atoms with van der Waals surface area (Å²) < 4.78 is 1.74. The first-order valence-corrected chi connectivity index (χ1v) is 11.0. The van der Waals surface area contributed by atoms with Crippen LogP contribution in [0.25, 0.3) is 23.0 Å². The third-order valence-corrected chi connectivity index (χ3v) is 5.29. The molecule has 7 nitrogen and oxygen atoms in total. The van der Waals surface area contributed by atoms with Gasteiger partial charge in [-0.05, 0) is 55.0 Å². The number of nitrogens with zero attached hydrogens (tertiary/aromatic N) is 3. The highest BCUT2D eigenvalue weighted by Crippen LogP contribution is 2.28. The molecule has 0 unspecified atom stereocenters. The van der Waals surface area contributed by atoms with Crippen LogP contribution >= 0.6 is 0 Å². The number of nitrogens with one attached hydrogen (secondary N) is 2. The quantitative estimate of drug-likeness (QED) is 0.299. The molecule has 4 rings (SSSR count). The third kappa shape index (κ3) is 5.52. The average molecular weight is 462 g/mol. The maximum atomic E-state index is 12.9. The summed E-state index contributed by atoms with van der Waals surface area (Å²) in [7, 11) is 0. The molecule has 4 aromatic rings. The molecule has 172 valence electrons. The molecular weight excluding hydrogens is 438 g/mol. The summed E-state index contributed by atoms with van der Waals surface area (Å²) in [4.78, 5) is 24.1. The Kier molecular flexibility index (Phi) is 6.84. The summed E-state index contributed by atoms with van der Waals surface area (Å²) >= 11 is 0. The minimum atomic E-state index is -0.539. The number of carbonyl (C=O) groups excluding carboxylic acids is 2. The molecule has 35 heavy (non-hydrogen) atoms. The van der Waals surface area contributed by atoms with Crippen LogP contribution in [0.5, 0.6) is 0 Å². The van der Waals surface area contributed by atoms with Gasteiger partial charge in [-0.15, -0.1) is 0 Å². The average Bonchev–Trinajstić information content (AvgIpc) is 3.28. The largest absolute Gasteiger partial charge is 0.326 e. The van der Waals surface area contributed by atoms with Crippen molar-refractivity contribution in [2.24, 2.45) is 0 Å². The molecule has 1 aromatic heterocycles. The van der Waals surface area contributed by atoms with Crippen LogP contribution in [0.3, 0.4) is 0 Å². The van der Waals surface area contributed by atoms with E-state index in [4.69, 9.17) is 5.10 Å². The number of anilines is 2. The minimum Gasteiger partial charge on any atom is -0.326 e. The summed E-state index contributed by atoms with van der Waals surface area (Å²) in [6, 6.07) is 26.1. The zero-order chi connectivity index (χ0) is 24.8. The van der Waals surface area contributed by atoms with Gasteiger partial charge in [0, 0.05) is 35.6 Å². The van der Waals surface area contributed by atoms with Crippen molar-refractivity contribution < 1.29 is 9.59 Å². The maximum Gasteiger partial charge on any atom is 0.266 e. The van der Waals surface area contributed by atoms with E-state index in [0.29, 0.717) is 22.6 Å². The number of para-hydroxylation sites is 1. The third-order valence-electron chi connectivity index (χ3n) is 5.29. The van der Waals surface area contributed by atoms with E-state index >= 15 is 0 Å². The zero-order valence-corrected chi connectivity index (χ0v) is 19.3. The molecule has 0 spiro atoms. The van der Waals surface area contributed by atoms with Gasteiger partial charge in [-0.1, -0.05) is 42.5 Å². The van der Waals surface area contributed by atoms with E-state index < -0.39 is 5.91 Å². The van der Waals surface area contributed by atoms with Crippen LogP contribution in [0.15, 0.2) is 90.6 Å². The maximum absolute atomic E-state index is 12.9. The van der Waals surface area contributed by atoms with Crippen LogP contribution in [-0.4, -0.2) is 21.6 Å².